The summed E-state index contributed by atoms with van der Waals surface area (Å²) in [6.07, 6.45) is 4.19. The molecule has 0 bridgehead atoms. The Hall–Kier alpha value is -1.84. The molecule has 0 saturated carbocycles. The van der Waals surface area contributed by atoms with Gasteiger partial charge in [-0.1, -0.05) is 19.4 Å². The van der Waals surface area contributed by atoms with Crippen LogP contribution in [-0.4, -0.2) is 25.5 Å². The van der Waals surface area contributed by atoms with Crippen molar-refractivity contribution in [3.8, 4) is 0 Å². The van der Waals surface area contributed by atoms with Gasteiger partial charge in [-0.15, -0.1) is 0 Å². The summed E-state index contributed by atoms with van der Waals surface area (Å²) in [6.45, 7) is 2.81. The van der Waals surface area contributed by atoms with Crippen LogP contribution in [0.1, 0.15) is 48.5 Å². The van der Waals surface area contributed by atoms with E-state index in [0.717, 1.165) is 43.5 Å². The van der Waals surface area contributed by atoms with Gasteiger partial charge < -0.3 is 9.64 Å². The van der Waals surface area contributed by atoms with Crippen molar-refractivity contribution in [2.75, 3.05) is 18.6 Å². The number of rotatable bonds is 4. The molecule has 0 aliphatic carbocycles. The molecule has 2 rings (SSSR count). The highest BCUT2D eigenvalue weighted by molar-refractivity contribution is 5.98. The summed E-state index contributed by atoms with van der Waals surface area (Å²) in [5.41, 5.74) is 2.40. The van der Waals surface area contributed by atoms with Crippen LogP contribution in [0.15, 0.2) is 18.2 Å². The number of carbonyl (C=O) groups is 2. The number of nitrogens with zero attached hydrogens (tertiary/aromatic N) is 1. The van der Waals surface area contributed by atoms with E-state index in [1.54, 1.807) is 6.07 Å². The Bertz CT molecular complexity index is 510. The molecule has 4 heteroatoms. The van der Waals surface area contributed by atoms with E-state index < -0.39 is 0 Å². The molecule has 1 aliphatic heterocycles. The van der Waals surface area contributed by atoms with Crippen molar-refractivity contribution in [2.45, 2.75) is 39.0 Å². The van der Waals surface area contributed by atoms with E-state index in [1.807, 2.05) is 17.0 Å². The van der Waals surface area contributed by atoms with Gasteiger partial charge in [0.05, 0.1) is 12.7 Å². The maximum atomic E-state index is 12.3. The number of hydrogen-bond donors (Lipinski definition) is 0. The topological polar surface area (TPSA) is 46.6 Å². The molecular formula is C16H21NO3. The first-order chi connectivity index (χ1) is 9.69. The first kappa shape index (κ1) is 14.6. The first-order valence-corrected chi connectivity index (χ1v) is 7.19. The van der Waals surface area contributed by atoms with Crippen molar-refractivity contribution < 1.29 is 14.3 Å². The van der Waals surface area contributed by atoms with Gasteiger partial charge in [-0.3, -0.25) is 4.79 Å². The molecule has 0 atom stereocenters. The molecule has 0 spiro atoms. The second-order valence-corrected chi connectivity index (χ2v) is 5.05. The van der Waals surface area contributed by atoms with E-state index in [2.05, 4.69) is 6.92 Å². The van der Waals surface area contributed by atoms with Gasteiger partial charge in [0.15, 0.2) is 0 Å². The zero-order valence-corrected chi connectivity index (χ0v) is 12.1. The van der Waals surface area contributed by atoms with Crippen molar-refractivity contribution in [3.05, 3.63) is 29.3 Å². The number of methoxy groups -OCH3 is 1. The molecule has 1 amide bonds. The minimum Gasteiger partial charge on any atom is -0.465 e. The van der Waals surface area contributed by atoms with Crippen LogP contribution >= 0.6 is 0 Å². The smallest absolute Gasteiger partial charge is 0.338 e. The lowest BCUT2D eigenvalue weighted by molar-refractivity contribution is -0.118. The van der Waals surface area contributed by atoms with Gasteiger partial charge in [0.25, 0.3) is 0 Å². The summed E-state index contributed by atoms with van der Waals surface area (Å²) >= 11 is 0. The minimum absolute atomic E-state index is 0.148. The van der Waals surface area contributed by atoms with Gasteiger partial charge in [0.1, 0.15) is 0 Å². The van der Waals surface area contributed by atoms with Gasteiger partial charge in [-0.25, -0.2) is 4.79 Å². The summed E-state index contributed by atoms with van der Waals surface area (Å²) in [7, 11) is 1.38. The number of fused-ring (bicyclic) bond motifs is 1. The summed E-state index contributed by atoms with van der Waals surface area (Å²) in [5.74, 6) is -0.181. The number of hydrogen-bond acceptors (Lipinski definition) is 3. The molecule has 0 fully saturated rings. The molecule has 108 valence electrons. The number of esters is 1. The van der Waals surface area contributed by atoms with Gasteiger partial charge >= 0.3 is 5.97 Å². The number of carbonyl (C=O) groups excluding carboxylic acids is 2. The van der Waals surface area contributed by atoms with Gasteiger partial charge in [0.2, 0.25) is 5.91 Å². The van der Waals surface area contributed by atoms with Crippen LogP contribution in [0, 0.1) is 0 Å². The second kappa shape index (κ2) is 6.55. The molecule has 0 aromatic heterocycles. The van der Waals surface area contributed by atoms with Gasteiger partial charge in [-0.05, 0) is 37.0 Å². The molecule has 1 aliphatic rings. The van der Waals surface area contributed by atoms with Crippen LogP contribution in [0.5, 0.6) is 0 Å². The molecule has 20 heavy (non-hydrogen) atoms. The third kappa shape index (κ3) is 2.84. The Morgan fingerprint density at radius 1 is 1.35 bits per heavy atom. The number of amides is 1. The molecule has 0 unspecified atom stereocenters. The molecule has 1 heterocycles. The van der Waals surface area contributed by atoms with Crippen molar-refractivity contribution in [2.24, 2.45) is 0 Å². The maximum Gasteiger partial charge on any atom is 0.338 e. The molecular weight excluding hydrogens is 254 g/mol. The lowest BCUT2D eigenvalue weighted by Gasteiger charge is -2.30. The van der Waals surface area contributed by atoms with Crippen molar-refractivity contribution >= 4 is 17.6 Å². The number of anilines is 1. The van der Waals surface area contributed by atoms with Gasteiger partial charge in [-0.2, -0.15) is 0 Å². The van der Waals surface area contributed by atoms with E-state index in [9.17, 15) is 9.59 Å². The van der Waals surface area contributed by atoms with Crippen LogP contribution in [0.25, 0.3) is 0 Å². The summed E-state index contributed by atoms with van der Waals surface area (Å²) in [5, 5.41) is 0. The van der Waals surface area contributed by atoms with Crippen LogP contribution in [0.3, 0.4) is 0 Å². The predicted molar refractivity (Wildman–Crippen MR) is 78.0 cm³/mol. The number of unbranched alkanes of at least 4 members (excludes halogenated alkanes) is 1. The second-order valence-electron chi connectivity index (χ2n) is 5.05. The highest BCUT2D eigenvalue weighted by atomic mass is 16.5. The third-order valence-electron chi connectivity index (χ3n) is 3.70. The van der Waals surface area contributed by atoms with Crippen LogP contribution in [0.2, 0.25) is 0 Å². The van der Waals surface area contributed by atoms with E-state index in [0.29, 0.717) is 12.0 Å². The molecule has 1 aromatic rings. The fourth-order valence-corrected chi connectivity index (χ4v) is 2.65. The minimum atomic E-state index is -0.329. The van der Waals surface area contributed by atoms with E-state index in [1.165, 1.54) is 7.11 Å². The van der Waals surface area contributed by atoms with E-state index in [-0.39, 0.29) is 11.9 Å². The van der Waals surface area contributed by atoms with Gasteiger partial charge in [0, 0.05) is 18.7 Å². The number of ether oxygens (including phenoxy) is 1. The fourth-order valence-electron chi connectivity index (χ4n) is 2.65. The standard InChI is InChI=1S/C16H21NO3/c1-3-4-10-15(18)17-11-6-8-12-13(16(19)20-2)7-5-9-14(12)17/h5,7,9H,3-4,6,8,10-11H2,1-2H3. The summed E-state index contributed by atoms with van der Waals surface area (Å²) in [6, 6.07) is 5.51. The Balaban J connectivity index is 2.32. The molecule has 1 aromatic carbocycles. The quantitative estimate of drug-likeness (QED) is 0.794. The summed E-state index contributed by atoms with van der Waals surface area (Å²) < 4.78 is 4.82. The maximum absolute atomic E-state index is 12.3. The van der Waals surface area contributed by atoms with Crippen LogP contribution in [0.4, 0.5) is 5.69 Å². The Morgan fingerprint density at radius 3 is 2.85 bits per heavy atom. The SMILES string of the molecule is CCCCC(=O)N1CCCc2c(C(=O)OC)cccc21. The summed E-state index contributed by atoms with van der Waals surface area (Å²) in [4.78, 5) is 25.9. The average molecular weight is 275 g/mol. The first-order valence-electron chi connectivity index (χ1n) is 7.19. The zero-order chi connectivity index (χ0) is 14.5. The Morgan fingerprint density at radius 2 is 2.15 bits per heavy atom. The van der Waals surface area contributed by atoms with E-state index in [4.69, 9.17) is 4.74 Å². The molecule has 0 N–H and O–H groups in total. The van der Waals surface area contributed by atoms with Crippen molar-refractivity contribution in [3.63, 3.8) is 0 Å². The number of benzene rings is 1. The molecule has 0 radical (unpaired) electrons. The van der Waals surface area contributed by atoms with Crippen molar-refractivity contribution in [1.29, 1.82) is 0 Å². The fraction of sp³-hybridized carbons (Fsp3) is 0.500. The monoisotopic (exact) mass is 275 g/mol. The predicted octanol–water partition coefficient (Wildman–Crippen LogP) is 2.94. The largest absolute Gasteiger partial charge is 0.465 e. The van der Waals surface area contributed by atoms with E-state index >= 15 is 0 Å². The molecule has 4 nitrogen and oxygen atoms in total. The van der Waals surface area contributed by atoms with Crippen LogP contribution in [-0.2, 0) is 16.0 Å². The normalized spacial score (nSPS) is 13.8. The zero-order valence-electron chi connectivity index (χ0n) is 12.1. The highest BCUT2D eigenvalue weighted by Gasteiger charge is 2.25. The third-order valence-corrected chi connectivity index (χ3v) is 3.70. The average Bonchev–Trinajstić information content (AvgIpc) is 2.50. The van der Waals surface area contributed by atoms with Crippen molar-refractivity contribution in [1.82, 2.24) is 0 Å². The lowest BCUT2D eigenvalue weighted by Crippen LogP contribution is -2.36. The van der Waals surface area contributed by atoms with Crippen LogP contribution < -0.4 is 4.90 Å². The highest BCUT2D eigenvalue weighted by Crippen LogP contribution is 2.31. The Kier molecular flexibility index (Phi) is 4.77. The Labute approximate surface area is 119 Å². The molecule has 0 saturated heterocycles. The lowest BCUT2D eigenvalue weighted by atomic mass is 9.96.